The van der Waals surface area contributed by atoms with Crippen LogP contribution in [0.1, 0.15) is 24.0 Å². The number of hydrogen-bond acceptors (Lipinski definition) is 5. The van der Waals surface area contributed by atoms with Crippen LogP contribution < -0.4 is 9.47 Å². The van der Waals surface area contributed by atoms with Gasteiger partial charge in [-0.05, 0) is 55.2 Å². The summed E-state index contributed by atoms with van der Waals surface area (Å²) in [5.74, 6) is 1.58. The van der Waals surface area contributed by atoms with E-state index in [1.807, 2.05) is 42.2 Å². The highest BCUT2D eigenvalue weighted by molar-refractivity contribution is 6.42. The molecule has 0 unspecified atom stereocenters. The molecule has 1 saturated heterocycles. The summed E-state index contributed by atoms with van der Waals surface area (Å²) in [6, 6.07) is 13.7. The average molecular weight is 504 g/mol. The van der Waals surface area contributed by atoms with Gasteiger partial charge in [-0.1, -0.05) is 35.3 Å². The molecule has 0 atom stereocenters. The maximum atomic E-state index is 6.10. The molecule has 1 aliphatic rings. The van der Waals surface area contributed by atoms with Crippen LogP contribution in [0.4, 0.5) is 0 Å². The van der Waals surface area contributed by atoms with E-state index in [1.165, 1.54) is 5.56 Å². The first-order valence-corrected chi connectivity index (χ1v) is 12.3. The predicted octanol–water partition coefficient (Wildman–Crippen LogP) is 5.64. The third kappa shape index (κ3) is 6.66. The second kappa shape index (κ2) is 11.5. The molecule has 0 spiro atoms. The molecule has 4 rings (SSSR count). The molecule has 182 valence electrons. The number of nitrogens with zero attached hydrogens (tertiary/aromatic N) is 3. The van der Waals surface area contributed by atoms with E-state index in [4.69, 9.17) is 37.4 Å². The van der Waals surface area contributed by atoms with Gasteiger partial charge in [0.15, 0.2) is 0 Å². The van der Waals surface area contributed by atoms with Crippen molar-refractivity contribution in [2.24, 2.45) is 0 Å². The van der Waals surface area contributed by atoms with E-state index in [-0.39, 0.29) is 5.60 Å². The van der Waals surface area contributed by atoms with Crippen molar-refractivity contribution < 1.29 is 14.2 Å². The summed E-state index contributed by atoms with van der Waals surface area (Å²) in [6.07, 6.45) is 5.68. The lowest BCUT2D eigenvalue weighted by molar-refractivity contribution is -0.0839. The Bertz CT molecular complexity index is 1060. The first-order valence-electron chi connectivity index (χ1n) is 11.5. The second-order valence-electron chi connectivity index (χ2n) is 8.80. The fraction of sp³-hybridized carbons (Fsp3) is 0.423. The van der Waals surface area contributed by atoms with E-state index in [1.54, 1.807) is 19.2 Å². The van der Waals surface area contributed by atoms with Crippen LogP contribution in [0.25, 0.3) is 0 Å². The van der Waals surface area contributed by atoms with Crippen LogP contribution in [0.15, 0.2) is 54.9 Å². The molecule has 0 N–H and O–H groups in total. The Morgan fingerprint density at radius 1 is 0.971 bits per heavy atom. The summed E-state index contributed by atoms with van der Waals surface area (Å²) < 4.78 is 19.7. The van der Waals surface area contributed by atoms with Gasteiger partial charge < -0.3 is 14.2 Å². The molecule has 0 aliphatic carbocycles. The number of rotatable bonds is 10. The van der Waals surface area contributed by atoms with Crippen LogP contribution >= 0.6 is 23.2 Å². The smallest absolute Gasteiger partial charge is 0.121 e. The molecule has 0 saturated carbocycles. The third-order valence-electron chi connectivity index (χ3n) is 6.27. The minimum atomic E-state index is -0.298. The van der Waals surface area contributed by atoms with Gasteiger partial charge in [0.1, 0.15) is 30.3 Å². The highest BCUT2D eigenvalue weighted by Crippen LogP contribution is 2.30. The Morgan fingerprint density at radius 3 is 2.35 bits per heavy atom. The van der Waals surface area contributed by atoms with E-state index >= 15 is 0 Å². The summed E-state index contributed by atoms with van der Waals surface area (Å²) >= 11 is 12.1. The molecule has 2 heterocycles. The van der Waals surface area contributed by atoms with Crippen molar-refractivity contribution in [1.82, 2.24) is 14.7 Å². The van der Waals surface area contributed by atoms with Crippen molar-refractivity contribution >= 4 is 23.2 Å². The van der Waals surface area contributed by atoms with Crippen LogP contribution in [0.3, 0.4) is 0 Å². The number of likely N-dealkylation sites (tertiary alicyclic amines) is 1. The zero-order valence-corrected chi connectivity index (χ0v) is 21.2. The van der Waals surface area contributed by atoms with Gasteiger partial charge >= 0.3 is 0 Å². The largest absolute Gasteiger partial charge is 0.492 e. The van der Waals surface area contributed by atoms with Gasteiger partial charge in [0, 0.05) is 39.0 Å². The zero-order valence-electron chi connectivity index (χ0n) is 19.7. The van der Waals surface area contributed by atoms with Crippen molar-refractivity contribution in [2.75, 3.05) is 33.4 Å². The molecule has 1 fully saturated rings. The van der Waals surface area contributed by atoms with Crippen LogP contribution in [-0.4, -0.2) is 53.7 Å². The van der Waals surface area contributed by atoms with Crippen molar-refractivity contribution in [3.8, 4) is 11.5 Å². The third-order valence-corrected chi connectivity index (χ3v) is 7.01. The van der Waals surface area contributed by atoms with Gasteiger partial charge in [-0.25, -0.2) is 0 Å². The molecule has 3 aromatic rings. The van der Waals surface area contributed by atoms with E-state index in [9.17, 15) is 0 Å². The molecular weight excluding hydrogens is 473 g/mol. The standard InChI is InChI=1S/C26H31Cl2N3O3/c1-20-16-29-31(17-20)13-14-33-22-5-3-21(4-6-22)18-30-11-9-26(32-2,10-12-30)19-34-23-7-8-24(27)25(28)15-23/h3-8,15-17H,9-14,18-19H2,1-2H3. The Balaban J connectivity index is 1.22. The minimum absolute atomic E-state index is 0.298. The lowest BCUT2D eigenvalue weighted by atomic mass is 9.91. The fourth-order valence-corrected chi connectivity index (χ4v) is 4.39. The number of aromatic nitrogens is 2. The Labute approximate surface area is 211 Å². The van der Waals surface area contributed by atoms with Crippen LogP contribution in [-0.2, 0) is 17.8 Å². The first-order chi connectivity index (χ1) is 16.4. The van der Waals surface area contributed by atoms with E-state index in [0.717, 1.165) is 50.3 Å². The van der Waals surface area contributed by atoms with Crippen molar-refractivity contribution in [3.05, 3.63) is 76.0 Å². The fourth-order valence-electron chi connectivity index (χ4n) is 4.10. The minimum Gasteiger partial charge on any atom is -0.492 e. The summed E-state index contributed by atoms with van der Waals surface area (Å²) in [4.78, 5) is 2.45. The molecule has 0 radical (unpaired) electrons. The van der Waals surface area contributed by atoms with Crippen molar-refractivity contribution in [2.45, 2.75) is 38.5 Å². The Hall–Kier alpha value is -2.25. The quantitative estimate of drug-likeness (QED) is 0.358. The summed E-state index contributed by atoms with van der Waals surface area (Å²) in [5.41, 5.74) is 2.13. The number of piperidine rings is 1. The van der Waals surface area contributed by atoms with E-state index in [2.05, 4.69) is 22.1 Å². The normalized spacial score (nSPS) is 15.9. The van der Waals surface area contributed by atoms with Gasteiger partial charge in [0.2, 0.25) is 0 Å². The number of aryl methyl sites for hydroxylation is 1. The number of halogens is 2. The molecule has 1 aromatic heterocycles. The lowest BCUT2D eigenvalue weighted by Gasteiger charge is -2.40. The predicted molar refractivity (Wildman–Crippen MR) is 135 cm³/mol. The highest BCUT2D eigenvalue weighted by Gasteiger charge is 2.35. The molecule has 6 nitrogen and oxygen atoms in total. The average Bonchev–Trinajstić information content (AvgIpc) is 3.27. The van der Waals surface area contributed by atoms with Gasteiger partial charge in [-0.2, -0.15) is 5.10 Å². The van der Waals surface area contributed by atoms with Crippen LogP contribution in [0.5, 0.6) is 11.5 Å². The Morgan fingerprint density at radius 2 is 1.71 bits per heavy atom. The van der Waals surface area contributed by atoms with Crippen molar-refractivity contribution in [3.63, 3.8) is 0 Å². The SMILES string of the molecule is COC1(COc2ccc(Cl)c(Cl)c2)CCN(Cc2ccc(OCCn3cc(C)cn3)cc2)CC1. The topological polar surface area (TPSA) is 48.8 Å². The van der Waals surface area contributed by atoms with Crippen LogP contribution in [0, 0.1) is 6.92 Å². The zero-order chi connectivity index (χ0) is 24.0. The van der Waals surface area contributed by atoms with Crippen molar-refractivity contribution in [1.29, 1.82) is 0 Å². The van der Waals surface area contributed by atoms with Gasteiger partial charge in [-0.15, -0.1) is 0 Å². The molecular formula is C26H31Cl2N3O3. The van der Waals surface area contributed by atoms with Gasteiger partial charge in [-0.3, -0.25) is 9.58 Å². The molecule has 1 aliphatic heterocycles. The Kier molecular flexibility index (Phi) is 8.37. The van der Waals surface area contributed by atoms with Crippen LogP contribution in [0.2, 0.25) is 10.0 Å². The maximum absolute atomic E-state index is 6.10. The number of hydrogen-bond donors (Lipinski definition) is 0. The molecule has 2 aromatic carbocycles. The number of benzene rings is 2. The number of methoxy groups -OCH3 is 1. The number of ether oxygens (including phenoxy) is 3. The molecule has 0 bridgehead atoms. The first kappa shape index (κ1) is 24.9. The van der Waals surface area contributed by atoms with Gasteiger partial charge in [0.05, 0.1) is 22.8 Å². The molecule has 8 heteroatoms. The summed E-state index contributed by atoms with van der Waals surface area (Å²) in [5, 5.41) is 5.29. The van der Waals surface area contributed by atoms with E-state index < -0.39 is 0 Å². The molecule has 34 heavy (non-hydrogen) atoms. The maximum Gasteiger partial charge on any atom is 0.121 e. The highest BCUT2D eigenvalue weighted by atomic mass is 35.5. The monoisotopic (exact) mass is 503 g/mol. The second-order valence-corrected chi connectivity index (χ2v) is 9.62. The summed E-state index contributed by atoms with van der Waals surface area (Å²) in [6.45, 7) is 6.64. The lowest BCUT2D eigenvalue weighted by Crippen LogP contribution is -2.48. The van der Waals surface area contributed by atoms with E-state index in [0.29, 0.717) is 29.0 Å². The molecule has 0 amide bonds. The van der Waals surface area contributed by atoms with Gasteiger partial charge in [0.25, 0.3) is 0 Å². The summed E-state index contributed by atoms with van der Waals surface area (Å²) in [7, 11) is 1.76.